The van der Waals surface area contributed by atoms with E-state index in [1.807, 2.05) is 0 Å². The van der Waals surface area contributed by atoms with E-state index in [9.17, 15) is 0 Å². The van der Waals surface area contributed by atoms with Crippen molar-refractivity contribution in [3.63, 3.8) is 0 Å². The second-order valence-corrected chi connectivity index (χ2v) is 6.95. The summed E-state index contributed by atoms with van der Waals surface area (Å²) in [5.41, 5.74) is 2.76. The molecule has 0 saturated heterocycles. The topological polar surface area (TPSA) is 12.0 Å². The van der Waals surface area contributed by atoms with E-state index >= 15 is 0 Å². The Bertz CT molecular complexity index is 416. The fourth-order valence-corrected chi connectivity index (χ4v) is 4.16. The molecule has 1 aromatic rings. The van der Waals surface area contributed by atoms with E-state index in [1.54, 1.807) is 0 Å². The first-order valence-electron chi connectivity index (χ1n) is 7.61. The summed E-state index contributed by atoms with van der Waals surface area (Å²) in [4.78, 5) is 0. The SMILES string of the molecule is CCNC(c1ccc(C)cc1Br)C1CCCC(C)C1. The number of rotatable bonds is 4. The monoisotopic (exact) mass is 323 g/mol. The highest BCUT2D eigenvalue weighted by Crippen LogP contribution is 2.39. The predicted molar refractivity (Wildman–Crippen MR) is 86.4 cm³/mol. The van der Waals surface area contributed by atoms with Crippen LogP contribution >= 0.6 is 15.9 Å². The lowest BCUT2D eigenvalue weighted by Gasteiger charge is -2.34. The molecule has 0 radical (unpaired) electrons. The quantitative estimate of drug-likeness (QED) is 0.799. The van der Waals surface area contributed by atoms with Crippen LogP contribution in [0.5, 0.6) is 0 Å². The molecular formula is C17H26BrN. The first-order chi connectivity index (χ1) is 9.11. The standard InChI is InChI=1S/C17H26BrN/c1-4-19-17(14-7-5-6-12(2)10-14)15-9-8-13(3)11-16(15)18/h8-9,11-12,14,17,19H,4-7,10H2,1-3H3. The Morgan fingerprint density at radius 2 is 2.16 bits per heavy atom. The number of hydrogen-bond acceptors (Lipinski definition) is 1. The van der Waals surface area contributed by atoms with Gasteiger partial charge in [-0.05, 0) is 55.3 Å². The number of nitrogens with one attached hydrogen (secondary N) is 1. The zero-order valence-electron chi connectivity index (χ0n) is 12.4. The Morgan fingerprint density at radius 3 is 2.79 bits per heavy atom. The van der Waals surface area contributed by atoms with Crippen molar-refractivity contribution in [3.8, 4) is 0 Å². The fraction of sp³-hybridized carbons (Fsp3) is 0.647. The molecule has 0 heterocycles. The minimum absolute atomic E-state index is 0.503. The van der Waals surface area contributed by atoms with Gasteiger partial charge in [0.1, 0.15) is 0 Å². The van der Waals surface area contributed by atoms with Gasteiger partial charge in [-0.2, -0.15) is 0 Å². The largest absolute Gasteiger partial charge is 0.310 e. The Labute approximate surface area is 126 Å². The van der Waals surface area contributed by atoms with E-state index in [-0.39, 0.29) is 0 Å². The minimum atomic E-state index is 0.503. The molecule has 3 unspecified atom stereocenters. The van der Waals surface area contributed by atoms with Crippen LogP contribution in [0, 0.1) is 18.8 Å². The van der Waals surface area contributed by atoms with Crippen molar-refractivity contribution in [2.75, 3.05) is 6.54 Å². The van der Waals surface area contributed by atoms with E-state index in [0.717, 1.165) is 18.4 Å². The number of hydrogen-bond donors (Lipinski definition) is 1. The molecule has 0 aromatic heterocycles. The van der Waals surface area contributed by atoms with E-state index in [1.165, 1.54) is 41.3 Å². The molecule has 1 aromatic carbocycles. The summed E-state index contributed by atoms with van der Waals surface area (Å²) in [5, 5.41) is 3.72. The highest BCUT2D eigenvalue weighted by atomic mass is 79.9. The molecule has 106 valence electrons. The van der Waals surface area contributed by atoms with Gasteiger partial charge in [-0.25, -0.2) is 0 Å². The van der Waals surface area contributed by atoms with Crippen molar-refractivity contribution in [1.29, 1.82) is 0 Å². The third kappa shape index (κ3) is 3.82. The van der Waals surface area contributed by atoms with Gasteiger partial charge in [-0.15, -0.1) is 0 Å². The molecule has 0 aliphatic heterocycles. The van der Waals surface area contributed by atoms with E-state index < -0.39 is 0 Å². The van der Waals surface area contributed by atoms with Crippen LogP contribution in [0.3, 0.4) is 0 Å². The molecule has 1 aliphatic rings. The van der Waals surface area contributed by atoms with Gasteiger partial charge in [0.25, 0.3) is 0 Å². The zero-order valence-corrected chi connectivity index (χ0v) is 14.0. The average molecular weight is 324 g/mol. The lowest BCUT2D eigenvalue weighted by molar-refractivity contribution is 0.225. The summed E-state index contributed by atoms with van der Waals surface area (Å²) >= 11 is 3.76. The Hall–Kier alpha value is -0.340. The third-order valence-electron chi connectivity index (χ3n) is 4.36. The molecule has 1 fully saturated rings. The lowest BCUT2D eigenvalue weighted by Crippen LogP contribution is -2.31. The van der Waals surface area contributed by atoms with Gasteiger partial charge >= 0.3 is 0 Å². The first-order valence-corrected chi connectivity index (χ1v) is 8.40. The van der Waals surface area contributed by atoms with Gasteiger partial charge in [0, 0.05) is 10.5 Å². The van der Waals surface area contributed by atoms with Crippen LogP contribution in [0.25, 0.3) is 0 Å². The molecule has 1 aliphatic carbocycles. The van der Waals surface area contributed by atoms with Crippen molar-refractivity contribution in [2.45, 2.75) is 52.5 Å². The first kappa shape index (κ1) is 15.1. The smallest absolute Gasteiger partial charge is 0.0359 e. The van der Waals surface area contributed by atoms with Gasteiger partial charge in [-0.1, -0.05) is 54.8 Å². The maximum absolute atomic E-state index is 3.76. The molecule has 1 nitrogen and oxygen atoms in total. The van der Waals surface area contributed by atoms with Crippen molar-refractivity contribution in [2.24, 2.45) is 11.8 Å². The van der Waals surface area contributed by atoms with Crippen LogP contribution in [-0.2, 0) is 0 Å². The van der Waals surface area contributed by atoms with Crippen LogP contribution < -0.4 is 5.32 Å². The third-order valence-corrected chi connectivity index (χ3v) is 5.05. The molecular weight excluding hydrogens is 298 g/mol. The second-order valence-electron chi connectivity index (χ2n) is 6.09. The molecule has 19 heavy (non-hydrogen) atoms. The Balaban J connectivity index is 2.23. The van der Waals surface area contributed by atoms with Crippen molar-refractivity contribution < 1.29 is 0 Å². The maximum Gasteiger partial charge on any atom is 0.0359 e. The molecule has 2 heteroatoms. The lowest BCUT2D eigenvalue weighted by atomic mass is 9.76. The van der Waals surface area contributed by atoms with Crippen LogP contribution in [0.1, 0.15) is 56.7 Å². The average Bonchev–Trinajstić information content (AvgIpc) is 2.37. The predicted octanol–water partition coefficient (Wildman–Crippen LogP) is 5.23. The van der Waals surface area contributed by atoms with Gasteiger partial charge < -0.3 is 5.32 Å². The van der Waals surface area contributed by atoms with Gasteiger partial charge in [0.2, 0.25) is 0 Å². The summed E-state index contributed by atoms with van der Waals surface area (Å²) < 4.78 is 1.26. The summed E-state index contributed by atoms with van der Waals surface area (Å²) in [6.07, 6.45) is 5.52. The molecule has 0 spiro atoms. The normalized spacial score (nSPS) is 25.3. The number of aryl methyl sites for hydroxylation is 1. The van der Waals surface area contributed by atoms with Gasteiger partial charge in [-0.3, -0.25) is 0 Å². The number of halogens is 1. The molecule has 1 N–H and O–H groups in total. The van der Waals surface area contributed by atoms with E-state index in [4.69, 9.17) is 0 Å². The van der Waals surface area contributed by atoms with Crippen LogP contribution in [-0.4, -0.2) is 6.54 Å². The highest BCUT2D eigenvalue weighted by Gasteiger charge is 2.28. The number of benzene rings is 1. The Morgan fingerprint density at radius 1 is 1.37 bits per heavy atom. The second kappa shape index (κ2) is 6.90. The van der Waals surface area contributed by atoms with Crippen molar-refractivity contribution in [1.82, 2.24) is 5.32 Å². The highest BCUT2D eigenvalue weighted by molar-refractivity contribution is 9.10. The summed E-state index contributed by atoms with van der Waals surface area (Å²) in [6, 6.07) is 7.27. The summed E-state index contributed by atoms with van der Waals surface area (Å²) in [7, 11) is 0. The molecule has 0 amide bonds. The van der Waals surface area contributed by atoms with E-state index in [0.29, 0.717) is 6.04 Å². The molecule has 2 rings (SSSR count). The van der Waals surface area contributed by atoms with E-state index in [2.05, 4.69) is 60.2 Å². The Kier molecular flexibility index (Phi) is 5.47. The zero-order chi connectivity index (χ0) is 13.8. The maximum atomic E-state index is 3.76. The van der Waals surface area contributed by atoms with Crippen molar-refractivity contribution >= 4 is 15.9 Å². The molecule has 0 bridgehead atoms. The van der Waals surface area contributed by atoms with Crippen LogP contribution in [0.4, 0.5) is 0 Å². The minimum Gasteiger partial charge on any atom is -0.310 e. The van der Waals surface area contributed by atoms with Crippen LogP contribution in [0.2, 0.25) is 0 Å². The fourth-order valence-electron chi connectivity index (χ4n) is 3.42. The molecule has 1 saturated carbocycles. The van der Waals surface area contributed by atoms with Gasteiger partial charge in [0.15, 0.2) is 0 Å². The van der Waals surface area contributed by atoms with Crippen LogP contribution in [0.15, 0.2) is 22.7 Å². The summed E-state index contributed by atoms with van der Waals surface area (Å²) in [6.45, 7) is 7.80. The van der Waals surface area contributed by atoms with Gasteiger partial charge in [0.05, 0.1) is 0 Å². The van der Waals surface area contributed by atoms with Crippen molar-refractivity contribution in [3.05, 3.63) is 33.8 Å². The summed E-state index contributed by atoms with van der Waals surface area (Å²) in [5.74, 6) is 1.66. The molecule has 3 atom stereocenters.